The van der Waals surface area contributed by atoms with Gasteiger partial charge in [0.2, 0.25) is 5.91 Å². The summed E-state index contributed by atoms with van der Waals surface area (Å²) in [4.78, 5) is 37.3. The van der Waals surface area contributed by atoms with Crippen LogP contribution in [0.5, 0.6) is 0 Å². The second-order valence-electron chi connectivity index (χ2n) is 7.04. The maximum absolute atomic E-state index is 12.6. The Kier molecular flexibility index (Phi) is 5.97. The van der Waals surface area contributed by atoms with Gasteiger partial charge in [0, 0.05) is 28.5 Å². The number of anilines is 1. The van der Waals surface area contributed by atoms with Crippen LogP contribution in [-0.2, 0) is 20.7 Å². The maximum Gasteiger partial charge on any atom is 0.339 e. The summed E-state index contributed by atoms with van der Waals surface area (Å²) in [5.41, 5.74) is 2.38. The molecule has 150 valence electrons. The number of ether oxygens (including phenoxy) is 2. The van der Waals surface area contributed by atoms with Gasteiger partial charge >= 0.3 is 5.97 Å². The van der Waals surface area contributed by atoms with Crippen molar-refractivity contribution in [1.29, 1.82) is 0 Å². The number of rotatable bonds is 7. The van der Waals surface area contributed by atoms with Gasteiger partial charge in [-0.2, -0.15) is 0 Å². The summed E-state index contributed by atoms with van der Waals surface area (Å²) in [6, 6.07) is 12.2. The van der Waals surface area contributed by atoms with Crippen LogP contribution >= 0.6 is 11.8 Å². The molecule has 0 aromatic heterocycles. The molecule has 0 saturated carbocycles. The molecule has 0 radical (unpaired) electrons. The average molecular weight is 411 g/mol. The van der Waals surface area contributed by atoms with Gasteiger partial charge in [-0.3, -0.25) is 9.59 Å². The smallest absolute Gasteiger partial charge is 0.339 e. The quantitative estimate of drug-likeness (QED) is 0.427. The normalized spacial score (nSPS) is 17.7. The van der Waals surface area contributed by atoms with E-state index in [9.17, 15) is 14.4 Å². The number of ketones is 1. The number of nitrogens with one attached hydrogen (secondary N) is 1. The lowest BCUT2D eigenvalue weighted by Gasteiger charge is -2.12. The lowest BCUT2D eigenvalue weighted by Crippen LogP contribution is -2.15. The SMILES string of the molecule is O=C1Cc2cc(C(=O)COC(=O)c3ccccc3SC[C@@H]3CCCO3)ccc2N1. The van der Waals surface area contributed by atoms with E-state index < -0.39 is 5.97 Å². The van der Waals surface area contributed by atoms with Crippen LogP contribution in [0.15, 0.2) is 47.4 Å². The molecular formula is C22H21NO5S. The zero-order valence-electron chi connectivity index (χ0n) is 15.8. The van der Waals surface area contributed by atoms with Crippen molar-refractivity contribution in [3.8, 4) is 0 Å². The summed E-state index contributed by atoms with van der Waals surface area (Å²) >= 11 is 1.57. The van der Waals surface area contributed by atoms with Crippen LogP contribution in [0.4, 0.5) is 5.69 Å². The Labute approximate surface area is 173 Å². The maximum atomic E-state index is 12.6. The molecule has 0 spiro atoms. The Hall–Kier alpha value is -2.64. The first-order valence-corrected chi connectivity index (χ1v) is 10.6. The molecule has 29 heavy (non-hydrogen) atoms. The molecule has 7 heteroatoms. The van der Waals surface area contributed by atoms with Gasteiger partial charge in [0.25, 0.3) is 0 Å². The zero-order valence-corrected chi connectivity index (χ0v) is 16.6. The molecule has 2 heterocycles. The Morgan fingerprint density at radius 2 is 2.07 bits per heavy atom. The fraction of sp³-hybridized carbons (Fsp3) is 0.318. The molecule has 0 aliphatic carbocycles. The van der Waals surface area contributed by atoms with Crippen molar-refractivity contribution in [3.05, 3.63) is 59.2 Å². The first-order chi connectivity index (χ1) is 14.1. The molecule has 1 N–H and O–H groups in total. The molecular weight excluding hydrogens is 390 g/mol. The van der Waals surface area contributed by atoms with Gasteiger partial charge in [0.1, 0.15) is 0 Å². The van der Waals surface area contributed by atoms with Crippen LogP contribution in [0.3, 0.4) is 0 Å². The van der Waals surface area contributed by atoms with Crippen LogP contribution in [0.25, 0.3) is 0 Å². The Balaban J connectivity index is 1.36. The highest BCUT2D eigenvalue weighted by molar-refractivity contribution is 7.99. The van der Waals surface area contributed by atoms with Gasteiger partial charge < -0.3 is 14.8 Å². The van der Waals surface area contributed by atoms with Crippen molar-refractivity contribution in [2.45, 2.75) is 30.3 Å². The predicted molar refractivity (Wildman–Crippen MR) is 110 cm³/mol. The summed E-state index contributed by atoms with van der Waals surface area (Å²) in [6.45, 7) is 0.452. The number of amides is 1. The Bertz CT molecular complexity index is 952. The van der Waals surface area contributed by atoms with Crippen LogP contribution < -0.4 is 5.32 Å². The highest BCUT2D eigenvalue weighted by Gasteiger charge is 2.21. The van der Waals surface area contributed by atoms with Crippen LogP contribution in [-0.4, -0.2) is 42.7 Å². The fourth-order valence-electron chi connectivity index (χ4n) is 3.41. The molecule has 1 saturated heterocycles. The van der Waals surface area contributed by atoms with Crippen molar-refractivity contribution in [1.82, 2.24) is 0 Å². The summed E-state index contributed by atoms with van der Waals surface area (Å²) in [5.74, 6) is -0.129. The Morgan fingerprint density at radius 3 is 2.90 bits per heavy atom. The predicted octanol–water partition coefficient (Wildman–Crippen LogP) is 3.49. The number of carbonyl (C=O) groups excluding carboxylic acids is 3. The van der Waals surface area contributed by atoms with E-state index in [-0.39, 0.29) is 30.8 Å². The third kappa shape index (κ3) is 4.68. The van der Waals surface area contributed by atoms with Crippen LogP contribution in [0.2, 0.25) is 0 Å². The van der Waals surface area contributed by atoms with E-state index in [1.165, 1.54) is 0 Å². The van der Waals surface area contributed by atoms with Crippen molar-refractivity contribution < 1.29 is 23.9 Å². The standard InChI is InChI=1S/C22H21NO5S/c24-19(14-7-8-18-15(10-14)11-21(25)23-18)12-28-22(26)17-5-1-2-6-20(17)29-13-16-4-3-9-27-16/h1-2,5-8,10,16H,3-4,9,11-13H2,(H,23,25)/t16-/m0/s1. The molecule has 4 rings (SSSR count). The van der Waals surface area contributed by atoms with Crippen LogP contribution in [0.1, 0.15) is 39.1 Å². The summed E-state index contributed by atoms with van der Waals surface area (Å²) < 4.78 is 10.9. The highest BCUT2D eigenvalue weighted by atomic mass is 32.2. The van der Waals surface area contributed by atoms with Crippen molar-refractivity contribution in [3.63, 3.8) is 0 Å². The molecule has 2 aromatic rings. The van der Waals surface area contributed by atoms with E-state index in [0.29, 0.717) is 11.1 Å². The minimum Gasteiger partial charge on any atom is -0.454 e. The summed E-state index contributed by atoms with van der Waals surface area (Å²) in [7, 11) is 0. The molecule has 1 atom stereocenters. The third-order valence-electron chi connectivity index (χ3n) is 4.94. The molecule has 1 fully saturated rings. The number of Topliss-reactive ketones (excluding diaryl/α,β-unsaturated/α-hetero) is 1. The van der Waals surface area contributed by atoms with Crippen molar-refractivity contribution in [2.75, 3.05) is 24.3 Å². The van der Waals surface area contributed by atoms with Gasteiger partial charge in [0.15, 0.2) is 12.4 Å². The van der Waals surface area contributed by atoms with Gasteiger partial charge in [-0.05, 0) is 48.7 Å². The number of hydrogen-bond acceptors (Lipinski definition) is 6. The largest absolute Gasteiger partial charge is 0.454 e. The number of thioether (sulfide) groups is 1. The lowest BCUT2D eigenvalue weighted by molar-refractivity contribution is -0.115. The van der Waals surface area contributed by atoms with Gasteiger partial charge in [-0.15, -0.1) is 11.8 Å². The fourth-order valence-corrected chi connectivity index (χ4v) is 4.52. The Morgan fingerprint density at radius 1 is 1.21 bits per heavy atom. The van der Waals surface area contributed by atoms with E-state index >= 15 is 0 Å². The number of fused-ring (bicyclic) bond motifs is 1. The number of benzene rings is 2. The molecule has 1 amide bonds. The highest BCUT2D eigenvalue weighted by Crippen LogP contribution is 2.27. The molecule has 0 unspecified atom stereocenters. The van der Waals surface area contributed by atoms with Crippen molar-refractivity contribution in [2.24, 2.45) is 0 Å². The molecule has 0 bridgehead atoms. The lowest BCUT2D eigenvalue weighted by atomic mass is 10.1. The summed E-state index contributed by atoms with van der Waals surface area (Å²) in [6.07, 6.45) is 2.58. The number of hydrogen-bond donors (Lipinski definition) is 1. The third-order valence-corrected chi connectivity index (χ3v) is 6.15. The molecule has 2 aliphatic heterocycles. The van der Waals surface area contributed by atoms with E-state index in [1.54, 1.807) is 42.1 Å². The molecule has 2 aromatic carbocycles. The minimum atomic E-state index is -0.521. The van der Waals surface area contributed by atoms with Gasteiger partial charge in [-0.1, -0.05) is 12.1 Å². The van der Waals surface area contributed by atoms with Gasteiger partial charge in [0.05, 0.1) is 18.1 Å². The topological polar surface area (TPSA) is 81.7 Å². The van der Waals surface area contributed by atoms with Crippen LogP contribution in [0, 0.1) is 0 Å². The zero-order chi connectivity index (χ0) is 20.2. The van der Waals surface area contributed by atoms with Crippen molar-refractivity contribution >= 4 is 35.1 Å². The monoisotopic (exact) mass is 411 g/mol. The first kappa shape index (κ1) is 19.7. The second-order valence-corrected chi connectivity index (χ2v) is 8.10. The molecule has 6 nitrogen and oxygen atoms in total. The van der Waals surface area contributed by atoms with E-state index in [1.807, 2.05) is 12.1 Å². The minimum absolute atomic E-state index is 0.0897. The summed E-state index contributed by atoms with van der Waals surface area (Å²) in [5, 5.41) is 2.73. The van der Waals surface area contributed by atoms with E-state index in [0.717, 1.165) is 41.3 Å². The average Bonchev–Trinajstić information content (AvgIpc) is 3.38. The second kappa shape index (κ2) is 8.80. The van der Waals surface area contributed by atoms with E-state index in [2.05, 4.69) is 5.32 Å². The first-order valence-electron chi connectivity index (χ1n) is 9.56. The van der Waals surface area contributed by atoms with E-state index in [4.69, 9.17) is 9.47 Å². The molecule has 2 aliphatic rings. The number of esters is 1. The van der Waals surface area contributed by atoms with Gasteiger partial charge in [-0.25, -0.2) is 4.79 Å². The number of carbonyl (C=O) groups is 3.